The molecular weight excluding hydrogens is 402 g/mol. The molecule has 0 atom stereocenters. The summed E-state index contributed by atoms with van der Waals surface area (Å²) in [5, 5.41) is 4.24. The van der Waals surface area contributed by atoms with E-state index in [1.54, 1.807) is 42.5 Å². The van der Waals surface area contributed by atoms with Gasteiger partial charge in [0.05, 0.1) is 0 Å². The first-order valence-electron chi connectivity index (χ1n) is 9.31. The predicted molar refractivity (Wildman–Crippen MR) is 117 cm³/mol. The van der Waals surface area contributed by atoms with E-state index in [1.165, 1.54) is 6.07 Å². The van der Waals surface area contributed by atoms with Crippen molar-refractivity contribution in [2.24, 2.45) is 0 Å². The minimum atomic E-state index is -0.385. The number of fused-ring (bicyclic) bond motifs is 1. The number of aryl methyl sites for hydroxylation is 1. The van der Waals surface area contributed by atoms with E-state index in [0.717, 1.165) is 16.5 Å². The van der Waals surface area contributed by atoms with Crippen LogP contribution in [0.5, 0.6) is 5.75 Å². The Labute approximate surface area is 177 Å². The molecule has 3 aromatic carbocycles. The molecule has 0 fully saturated rings. The quantitative estimate of drug-likeness (QED) is 0.428. The zero-order valence-corrected chi connectivity index (χ0v) is 16.9. The molecule has 0 spiro atoms. The summed E-state index contributed by atoms with van der Waals surface area (Å²) in [5.41, 5.74) is 3.04. The molecule has 0 aliphatic rings. The van der Waals surface area contributed by atoms with Gasteiger partial charge in [0.2, 0.25) is 0 Å². The van der Waals surface area contributed by atoms with E-state index in [2.05, 4.69) is 5.32 Å². The van der Waals surface area contributed by atoms with Crippen LogP contribution in [0.2, 0.25) is 5.02 Å². The zero-order chi connectivity index (χ0) is 21.1. The largest absolute Gasteiger partial charge is 0.489 e. The normalized spacial score (nSPS) is 10.7. The average molecular weight is 420 g/mol. The molecule has 0 unspecified atom stereocenters. The Morgan fingerprint density at radius 2 is 1.83 bits per heavy atom. The van der Waals surface area contributed by atoms with Gasteiger partial charge >= 0.3 is 5.63 Å². The van der Waals surface area contributed by atoms with Crippen LogP contribution < -0.4 is 15.7 Å². The highest BCUT2D eigenvalue weighted by Gasteiger charge is 2.08. The summed E-state index contributed by atoms with van der Waals surface area (Å²) in [7, 11) is 0. The highest BCUT2D eigenvalue weighted by molar-refractivity contribution is 6.31. The maximum absolute atomic E-state index is 12.4. The van der Waals surface area contributed by atoms with Gasteiger partial charge in [-0.15, -0.1) is 0 Å². The van der Waals surface area contributed by atoms with Crippen LogP contribution in [0.25, 0.3) is 11.0 Å². The Hall–Kier alpha value is -3.57. The molecule has 1 N–H and O–H groups in total. The summed E-state index contributed by atoms with van der Waals surface area (Å²) in [4.78, 5) is 23.9. The van der Waals surface area contributed by atoms with E-state index in [4.69, 9.17) is 20.8 Å². The summed E-state index contributed by atoms with van der Waals surface area (Å²) in [6.45, 7) is 2.18. The summed E-state index contributed by atoms with van der Waals surface area (Å²) >= 11 is 5.94. The van der Waals surface area contributed by atoms with Crippen molar-refractivity contribution in [1.82, 2.24) is 0 Å². The van der Waals surface area contributed by atoms with Crippen molar-refractivity contribution in [2.75, 3.05) is 5.32 Å². The Bertz CT molecular complexity index is 1280. The van der Waals surface area contributed by atoms with Crippen molar-refractivity contribution in [3.8, 4) is 5.75 Å². The maximum Gasteiger partial charge on any atom is 0.336 e. The number of amides is 1. The molecule has 4 aromatic rings. The van der Waals surface area contributed by atoms with Crippen LogP contribution in [0.3, 0.4) is 0 Å². The zero-order valence-electron chi connectivity index (χ0n) is 16.1. The van der Waals surface area contributed by atoms with Crippen molar-refractivity contribution >= 4 is 34.2 Å². The lowest BCUT2D eigenvalue weighted by atomic mass is 10.1. The standard InChI is InChI=1S/C24H18ClNO4/c1-15-11-23(27)30-22-13-20(9-10-21(15)22)29-14-16-5-7-17(8-6-16)24(28)26-19-4-2-3-18(25)12-19/h2-13H,14H2,1H3,(H,26,28). The minimum Gasteiger partial charge on any atom is -0.489 e. The molecule has 0 saturated carbocycles. The fourth-order valence-electron chi connectivity index (χ4n) is 3.08. The van der Waals surface area contributed by atoms with Crippen molar-refractivity contribution in [2.45, 2.75) is 13.5 Å². The highest BCUT2D eigenvalue weighted by Crippen LogP contribution is 2.23. The van der Waals surface area contributed by atoms with Crippen LogP contribution in [0.15, 0.2) is 82.0 Å². The second-order valence-corrected chi connectivity index (χ2v) is 7.29. The lowest BCUT2D eigenvalue weighted by Crippen LogP contribution is -2.11. The molecule has 5 nitrogen and oxygen atoms in total. The van der Waals surface area contributed by atoms with Gasteiger partial charge in [-0.2, -0.15) is 0 Å². The first-order chi connectivity index (χ1) is 14.5. The number of hydrogen-bond donors (Lipinski definition) is 1. The smallest absolute Gasteiger partial charge is 0.336 e. The number of nitrogens with one attached hydrogen (secondary N) is 1. The van der Waals surface area contributed by atoms with Gasteiger partial charge in [0.15, 0.2) is 0 Å². The lowest BCUT2D eigenvalue weighted by Gasteiger charge is -2.09. The first kappa shape index (κ1) is 19.7. The van der Waals surface area contributed by atoms with Crippen molar-refractivity contribution in [3.05, 3.63) is 105 Å². The van der Waals surface area contributed by atoms with Crippen LogP contribution in [-0.4, -0.2) is 5.91 Å². The summed E-state index contributed by atoms with van der Waals surface area (Å²) < 4.78 is 11.1. The number of halogens is 1. The van der Waals surface area contributed by atoms with Crippen molar-refractivity contribution in [3.63, 3.8) is 0 Å². The van der Waals surface area contributed by atoms with E-state index in [-0.39, 0.29) is 11.5 Å². The van der Waals surface area contributed by atoms with Crippen molar-refractivity contribution in [1.29, 1.82) is 0 Å². The van der Waals surface area contributed by atoms with Gasteiger partial charge in [-0.25, -0.2) is 4.79 Å². The number of benzene rings is 3. The van der Waals surface area contributed by atoms with Gasteiger partial charge in [0, 0.05) is 33.8 Å². The molecule has 1 amide bonds. The lowest BCUT2D eigenvalue weighted by molar-refractivity contribution is 0.102. The van der Waals surface area contributed by atoms with Crippen LogP contribution in [0.4, 0.5) is 5.69 Å². The SMILES string of the molecule is Cc1cc(=O)oc2cc(OCc3ccc(C(=O)Nc4cccc(Cl)c4)cc3)ccc12. The van der Waals surface area contributed by atoms with E-state index in [0.29, 0.717) is 34.2 Å². The van der Waals surface area contributed by atoms with Gasteiger partial charge in [-0.3, -0.25) is 4.79 Å². The van der Waals surface area contributed by atoms with Crippen LogP contribution in [0.1, 0.15) is 21.5 Å². The van der Waals surface area contributed by atoms with E-state index < -0.39 is 0 Å². The van der Waals surface area contributed by atoms with Gasteiger partial charge in [0.1, 0.15) is 17.9 Å². The number of hydrogen-bond acceptors (Lipinski definition) is 4. The van der Waals surface area contributed by atoms with Crippen LogP contribution >= 0.6 is 11.6 Å². The van der Waals surface area contributed by atoms with E-state index >= 15 is 0 Å². The Balaban J connectivity index is 1.42. The van der Waals surface area contributed by atoms with Crippen LogP contribution in [0, 0.1) is 6.92 Å². The molecule has 0 radical (unpaired) electrons. The molecule has 0 saturated heterocycles. The minimum absolute atomic E-state index is 0.218. The van der Waals surface area contributed by atoms with Gasteiger partial charge in [-0.05, 0) is 60.5 Å². The molecule has 1 aromatic heterocycles. The molecule has 4 rings (SSSR count). The average Bonchev–Trinajstić information content (AvgIpc) is 2.72. The second kappa shape index (κ2) is 8.43. The summed E-state index contributed by atoms with van der Waals surface area (Å²) in [5.74, 6) is 0.378. The Morgan fingerprint density at radius 1 is 1.03 bits per heavy atom. The van der Waals surface area contributed by atoms with E-state index in [1.807, 2.05) is 31.2 Å². The third kappa shape index (κ3) is 4.53. The molecule has 0 bridgehead atoms. The Morgan fingerprint density at radius 3 is 2.60 bits per heavy atom. The second-order valence-electron chi connectivity index (χ2n) is 6.86. The topological polar surface area (TPSA) is 68.5 Å². The molecule has 30 heavy (non-hydrogen) atoms. The highest BCUT2D eigenvalue weighted by atomic mass is 35.5. The number of carbonyl (C=O) groups excluding carboxylic acids is 1. The monoisotopic (exact) mass is 419 g/mol. The van der Waals surface area contributed by atoms with Gasteiger partial charge in [-0.1, -0.05) is 29.8 Å². The number of rotatable bonds is 5. The molecular formula is C24H18ClNO4. The van der Waals surface area contributed by atoms with Gasteiger partial charge in [0.25, 0.3) is 5.91 Å². The van der Waals surface area contributed by atoms with E-state index in [9.17, 15) is 9.59 Å². The third-order valence-corrected chi connectivity index (χ3v) is 4.86. The molecule has 0 aliphatic carbocycles. The molecule has 1 heterocycles. The van der Waals surface area contributed by atoms with Crippen LogP contribution in [-0.2, 0) is 6.61 Å². The number of anilines is 1. The van der Waals surface area contributed by atoms with Crippen molar-refractivity contribution < 1.29 is 13.9 Å². The fraction of sp³-hybridized carbons (Fsp3) is 0.0833. The number of ether oxygens (including phenoxy) is 1. The molecule has 0 aliphatic heterocycles. The fourth-order valence-corrected chi connectivity index (χ4v) is 3.27. The predicted octanol–water partition coefficient (Wildman–Crippen LogP) is 5.59. The maximum atomic E-state index is 12.4. The summed E-state index contributed by atoms with van der Waals surface area (Å²) in [6, 6.07) is 21.0. The summed E-state index contributed by atoms with van der Waals surface area (Å²) in [6.07, 6.45) is 0. The third-order valence-electron chi connectivity index (χ3n) is 4.63. The Kier molecular flexibility index (Phi) is 5.55. The molecule has 150 valence electrons. The first-order valence-corrected chi connectivity index (χ1v) is 9.69. The number of carbonyl (C=O) groups is 1. The van der Waals surface area contributed by atoms with Gasteiger partial charge < -0.3 is 14.5 Å². The molecule has 6 heteroatoms.